The van der Waals surface area contributed by atoms with Gasteiger partial charge in [-0.25, -0.2) is 4.18 Å². The molecule has 0 N–H and O–H groups in total. The van der Waals surface area contributed by atoms with Gasteiger partial charge in [-0.2, -0.15) is 8.42 Å². The van der Waals surface area contributed by atoms with E-state index in [4.69, 9.17) is 8.92 Å². The van der Waals surface area contributed by atoms with Crippen LogP contribution in [0, 0.1) is 11.8 Å². The van der Waals surface area contributed by atoms with E-state index in [0.29, 0.717) is 22.6 Å². The standard InChI is InChI=1S/C22H16O4S/c1-2-16-22(26-27(23,24)17-10-4-3-5-11-17)18-12-6-8-14-20(18)25-21-15-9-7-13-19(21)22/h3-15H,1H3. The molecule has 4 rings (SSSR count). The molecule has 0 amide bonds. The van der Waals surface area contributed by atoms with E-state index in [1.807, 2.05) is 12.1 Å². The predicted octanol–water partition coefficient (Wildman–Crippen LogP) is 4.46. The Balaban J connectivity index is 1.98. The summed E-state index contributed by atoms with van der Waals surface area (Å²) in [6.07, 6.45) is 0. The van der Waals surface area contributed by atoms with Crippen LogP contribution in [0.4, 0.5) is 0 Å². The Bertz CT molecular complexity index is 1110. The molecule has 0 fully saturated rings. The van der Waals surface area contributed by atoms with Gasteiger partial charge < -0.3 is 4.74 Å². The minimum atomic E-state index is -4.08. The molecule has 3 aromatic carbocycles. The van der Waals surface area contributed by atoms with Crippen LogP contribution in [0.2, 0.25) is 0 Å². The monoisotopic (exact) mass is 376 g/mol. The van der Waals surface area contributed by atoms with E-state index in [1.54, 1.807) is 61.5 Å². The number of para-hydroxylation sites is 2. The molecule has 0 saturated carbocycles. The molecule has 1 aliphatic rings. The third kappa shape index (κ3) is 2.89. The van der Waals surface area contributed by atoms with Gasteiger partial charge in [0.15, 0.2) is 0 Å². The molecule has 1 aliphatic heterocycles. The zero-order valence-electron chi connectivity index (χ0n) is 14.5. The van der Waals surface area contributed by atoms with E-state index in [0.717, 1.165) is 0 Å². The molecule has 0 spiro atoms. The Kier molecular flexibility index (Phi) is 4.23. The molecule has 134 valence electrons. The molecule has 0 saturated heterocycles. The van der Waals surface area contributed by atoms with Gasteiger partial charge in [-0.1, -0.05) is 60.5 Å². The van der Waals surface area contributed by atoms with Crippen LogP contribution < -0.4 is 4.74 Å². The molecular formula is C22H16O4S. The second-order valence-electron chi connectivity index (χ2n) is 6.00. The van der Waals surface area contributed by atoms with Gasteiger partial charge in [-0.3, -0.25) is 0 Å². The fourth-order valence-corrected chi connectivity index (χ4v) is 4.31. The topological polar surface area (TPSA) is 52.6 Å². The van der Waals surface area contributed by atoms with Gasteiger partial charge in [0.2, 0.25) is 5.60 Å². The molecule has 0 atom stereocenters. The van der Waals surface area contributed by atoms with Crippen molar-refractivity contribution < 1.29 is 17.3 Å². The summed E-state index contributed by atoms with van der Waals surface area (Å²) in [5.74, 6) is 6.88. The largest absolute Gasteiger partial charge is 0.456 e. The van der Waals surface area contributed by atoms with Crippen molar-refractivity contribution in [1.82, 2.24) is 0 Å². The second-order valence-corrected chi connectivity index (χ2v) is 7.55. The highest BCUT2D eigenvalue weighted by Crippen LogP contribution is 2.49. The minimum absolute atomic E-state index is 0.0729. The molecule has 0 aromatic heterocycles. The smallest absolute Gasteiger partial charge is 0.299 e. The third-order valence-corrected chi connectivity index (χ3v) is 5.64. The Morgan fingerprint density at radius 2 is 1.33 bits per heavy atom. The predicted molar refractivity (Wildman–Crippen MR) is 102 cm³/mol. The van der Waals surface area contributed by atoms with Crippen molar-refractivity contribution in [3.63, 3.8) is 0 Å². The van der Waals surface area contributed by atoms with Crippen LogP contribution in [0.5, 0.6) is 11.5 Å². The van der Waals surface area contributed by atoms with E-state index in [9.17, 15) is 8.42 Å². The molecule has 1 heterocycles. The van der Waals surface area contributed by atoms with Gasteiger partial charge >= 0.3 is 0 Å². The highest BCUT2D eigenvalue weighted by molar-refractivity contribution is 7.86. The first-order valence-corrected chi connectivity index (χ1v) is 9.79. The zero-order valence-corrected chi connectivity index (χ0v) is 15.4. The van der Waals surface area contributed by atoms with Gasteiger partial charge in [-0.05, 0) is 31.2 Å². The van der Waals surface area contributed by atoms with Crippen LogP contribution in [0.3, 0.4) is 0 Å². The van der Waals surface area contributed by atoms with Gasteiger partial charge in [0.05, 0.1) is 4.90 Å². The second kappa shape index (κ2) is 6.58. The molecule has 0 radical (unpaired) electrons. The lowest BCUT2D eigenvalue weighted by Gasteiger charge is -2.35. The number of ether oxygens (including phenoxy) is 1. The lowest BCUT2D eigenvalue weighted by atomic mass is 9.84. The summed E-state index contributed by atoms with van der Waals surface area (Å²) in [5.41, 5.74) is -0.385. The van der Waals surface area contributed by atoms with Crippen molar-refractivity contribution in [1.29, 1.82) is 0 Å². The summed E-state index contributed by atoms with van der Waals surface area (Å²) in [4.78, 5) is 0.0729. The molecular weight excluding hydrogens is 360 g/mol. The Labute approximate surface area is 158 Å². The zero-order chi connectivity index (χ0) is 18.9. The lowest BCUT2D eigenvalue weighted by Crippen LogP contribution is -2.35. The van der Waals surface area contributed by atoms with Crippen molar-refractivity contribution in [2.45, 2.75) is 17.4 Å². The van der Waals surface area contributed by atoms with Crippen molar-refractivity contribution in [2.24, 2.45) is 0 Å². The average molecular weight is 376 g/mol. The maximum absolute atomic E-state index is 13.1. The van der Waals surface area contributed by atoms with Crippen molar-refractivity contribution in [2.75, 3.05) is 0 Å². The average Bonchev–Trinajstić information content (AvgIpc) is 2.69. The van der Waals surface area contributed by atoms with Crippen LogP contribution in [0.1, 0.15) is 18.1 Å². The fraction of sp³-hybridized carbons (Fsp3) is 0.0909. The summed E-state index contributed by atoms with van der Waals surface area (Å²) in [6, 6.07) is 22.4. The molecule has 0 bridgehead atoms. The molecule has 4 nitrogen and oxygen atoms in total. The number of benzene rings is 3. The van der Waals surface area contributed by atoms with E-state index in [2.05, 4.69) is 11.8 Å². The van der Waals surface area contributed by atoms with E-state index in [1.165, 1.54) is 12.1 Å². The van der Waals surface area contributed by atoms with Crippen LogP contribution in [0.15, 0.2) is 83.8 Å². The van der Waals surface area contributed by atoms with E-state index in [-0.39, 0.29) is 4.90 Å². The normalized spacial score (nSPS) is 14.1. The van der Waals surface area contributed by atoms with Crippen LogP contribution >= 0.6 is 0 Å². The number of fused-ring (bicyclic) bond motifs is 2. The SMILES string of the molecule is CC#CC1(OS(=O)(=O)c2ccccc2)c2ccccc2Oc2ccccc21. The van der Waals surface area contributed by atoms with Crippen LogP contribution in [-0.2, 0) is 19.9 Å². The van der Waals surface area contributed by atoms with E-state index < -0.39 is 15.7 Å². The van der Waals surface area contributed by atoms with Gasteiger partial charge in [0, 0.05) is 11.1 Å². The molecule has 0 aliphatic carbocycles. The maximum atomic E-state index is 13.1. The van der Waals surface area contributed by atoms with Gasteiger partial charge in [0.1, 0.15) is 11.5 Å². The lowest BCUT2D eigenvalue weighted by molar-refractivity contribution is 0.167. The molecule has 3 aromatic rings. The third-order valence-electron chi connectivity index (χ3n) is 4.32. The summed E-state index contributed by atoms with van der Waals surface area (Å²) >= 11 is 0. The molecule has 0 unspecified atom stereocenters. The summed E-state index contributed by atoms with van der Waals surface area (Å²) in [6.45, 7) is 1.65. The van der Waals surface area contributed by atoms with Crippen molar-refractivity contribution >= 4 is 10.1 Å². The quantitative estimate of drug-likeness (QED) is 0.500. The number of hydrogen-bond donors (Lipinski definition) is 0. The Hall–Kier alpha value is -3.07. The van der Waals surface area contributed by atoms with Crippen LogP contribution in [0.25, 0.3) is 0 Å². The number of hydrogen-bond acceptors (Lipinski definition) is 4. The van der Waals surface area contributed by atoms with Gasteiger partial charge in [-0.15, -0.1) is 5.92 Å². The highest BCUT2D eigenvalue weighted by Gasteiger charge is 2.46. The fourth-order valence-electron chi connectivity index (χ4n) is 3.18. The number of rotatable bonds is 3. The molecule has 27 heavy (non-hydrogen) atoms. The van der Waals surface area contributed by atoms with Crippen LogP contribution in [-0.4, -0.2) is 8.42 Å². The maximum Gasteiger partial charge on any atom is 0.299 e. The first-order valence-electron chi connectivity index (χ1n) is 8.38. The highest BCUT2D eigenvalue weighted by atomic mass is 32.2. The van der Waals surface area contributed by atoms with Gasteiger partial charge in [0.25, 0.3) is 10.1 Å². The van der Waals surface area contributed by atoms with Crippen molar-refractivity contribution in [3.05, 3.63) is 90.0 Å². The Morgan fingerprint density at radius 1 is 0.815 bits per heavy atom. The van der Waals surface area contributed by atoms with Crippen molar-refractivity contribution in [3.8, 4) is 23.3 Å². The first kappa shape index (κ1) is 17.3. The summed E-state index contributed by atoms with van der Waals surface area (Å²) in [7, 11) is -4.08. The summed E-state index contributed by atoms with van der Waals surface area (Å²) < 4.78 is 38.0. The van der Waals surface area contributed by atoms with E-state index >= 15 is 0 Å². The molecule has 5 heteroatoms. The Morgan fingerprint density at radius 3 is 1.89 bits per heavy atom. The first-order chi connectivity index (χ1) is 13.1. The summed E-state index contributed by atoms with van der Waals surface area (Å²) in [5, 5.41) is 0. The minimum Gasteiger partial charge on any atom is -0.456 e.